The van der Waals surface area contributed by atoms with E-state index in [1.807, 2.05) is 24.3 Å². The SMILES string of the molecule is COc1ccc2c(c1)CC[C@H]1[C@@H]2CCCN1C(=O)c1ccc2nc[nH]c2c1. The van der Waals surface area contributed by atoms with Gasteiger partial charge in [0.05, 0.1) is 24.5 Å². The van der Waals surface area contributed by atoms with Gasteiger partial charge in [-0.05, 0) is 67.1 Å². The number of ether oxygens (including phenoxy) is 1. The fourth-order valence-corrected chi connectivity index (χ4v) is 4.85. The molecule has 0 bridgehead atoms. The molecule has 1 fully saturated rings. The Morgan fingerprint density at radius 2 is 2.15 bits per heavy atom. The van der Waals surface area contributed by atoms with Gasteiger partial charge in [0.25, 0.3) is 5.91 Å². The lowest BCUT2D eigenvalue weighted by atomic mass is 9.74. The topological polar surface area (TPSA) is 58.2 Å². The van der Waals surface area contributed by atoms with Crippen molar-refractivity contribution < 1.29 is 9.53 Å². The second kappa shape index (κ2) is 6.41. The molecule has 3 aromatic rings. The zero-order valence-electron chi connectivity index (χ0n) is 15.4. The minimum atomic E-state index is 0.137. The lowest BCUT2D eigenvalue weighted by Gasteiger charge is -2.45. The van der Waals surface area contributed by atoms with E-state index in [1.165, 1.54) is 11.1 Å². The van der Waals surface area contributed by atoms with Gasteiger partial charge in [0.2, 0.25) is 0 Å². The fourth-order valence-electron chi connectivity index (χ4n) is 4.85. The maximum atomic E-state index is 13.3. The predicted octanol–water partition coefficient (Wildman–Crippen LogP) is 3.91. The Hall–Kier alpha value is -2.82. The number of carbonyl (C=O) groups is 1. The molecule has 2 heterocycles. The second-order valence-electron chi connectivity index (χ2n) is 7.55. The van der Waals surface area contributed by atoms with Crippen LogP contribution in [0.3, 0.4) is 0 Å². The Morgan fingerprint density at radius 1 is 1.22 bits per heavy atom. The highest BCUT2D eigenvalue weighted by atomic mass is 16.5. The molecular weight excluding hydrogens is 338 g/mol. The molecule has 1 aliphatic heterocycles. The third kappa shape index (κ3) is 2.69. The lowest BCUT2D eigenvalue weighted by molar-refractivity contribution is 0.0547. The first-order valence-corrected chi connectivity index (χ1v) is 9.65. The van der Waals surface area contributed by atoms with Crippen LogP contribution in [0.25, 0.3) is 11.0 Å². The van der Waals surface area contributed by atoms with E-state index in [2.05, 4.69) is 27.0 Å². The number of H-pyrrole nitrogens is 1. The average molecular weight is 361 g/mol. The molecule has 5 nitrogen and oxygen atoms in total. The van der Waals surface area contributed by atoms with Crippen molar-refractivity contribution in [3.05, 3.63) is 59.4 Å². The van der Waals surface area contributed by atoms with Crippen LogP contribution in [0.5, 0.6) is 5.75 Å². The van der Waals surface area contributed by atoms with Crippen LogP contribution in [-0.2, 0) is 6.42 Å². The van der Waals surface area contributed by atoms with Crippen molar-refractivity contribution in [2.24, 2.45) is 0 Å². The highest BCUT2D eigenvalue weighted by Crippen LogP contribution is 2.42. The number of fused-ring (bicyclic) bond motifs is 4. The Morgan fingerprint density at radius 3 is 3.04 bits per heavy atom. The number of rotatable bonds is 2. The Balaban J connectivity index is 1.46. The number of hydrogen-bond acceptors (Lipinski definition) is 3. The number of amides is 1. The normalized spacial score (nSPS) is 21.6. The van der Waals surface area contributed by atoms with Crippen molar-refractivity contribution >= 4 is 16.9 Å². The average Bonchev–Trinajstić information content (AvgIpc) is 3.20. The first-order chi connectivity index (χ1) is 13.2. The first kappa shape index (κ1) is 16.4. The molecule has 1 aromatic heterocycles. The predicted molar refractivity (Wildman–Crippen MR) is 104 cm³/mol. The van der Waals surface area contributed by atoms with E-state index in [-0.39, 0.29) is 11.9 Å². The van der Waals surface area contributed by atoms with E-state index < -0.39 is 0 Å². The summed E-state index contributed by atoms with van der Waals surface area (Å²) in [6, 6.07) is 12.4. The van der Waals surface area contributed by atoms with Crippen LogP contribution in [0.2, 0.25) is 0 Å². The molecule has 5 rings (SSSR count). The van der Waals surface area contributed by atoms with Gasteiger partial charge in [-0.25, -0.2) is 4.98 Å². The number of likely N-dealkylation sites (tertiary alicyclic amines) is 1. The molecule has 1 amide bonds. The van der Waals surface area contributed by atoms with Crippen molar-refractivity contribution in [3.63, 3.8) is 0 Å². The number of aromatic nitrogens is 2. The third-order valence-electron chi connectivity index (χ3n) is 6.17. The molecule has 1 N–H and O–H groups in total. The number of hydrogen-bond donors (Lipinski definition) is 1. The Labute approximate surface area is 158 Å². The van der Waals surface area contributed by atoms with Gasteiger partial charge in [0.15, 0.2) is 0 Å². The van der Waals surface area contributed by atoms with Crippen LogP contribution in [0.4, 0.5) is 0 Å². The maximum absolute atomic E-state index is 13.3. The number of imidazole rings is 1. The van der Waals surface area contributed by atoms with Gasteiger partial charge in [-0.1, -0.05) is 6.07 Å². The number of nitrogens with zero attached hydrogens (tertiary/aromatic N) is 2. The smallest absolute Gasteiger partial charge is 0.254 e. The molecule has 2 aromatic carbocycles. The van der Waals surface area contributed by atoms with Crippen LogP contribution < -0.4 is 4.74 Å². The summed E-state index contributed by atoms with van der Waals surface area (Å²) < 4.78 is 5.39. The van der Waals surface area contributed by atoms with Gasteiger partial charge in [-0.2, -0.15) is 0 Å². The number of aromatic amines is 1. The summed E-state index contributed by atoms with van der Waals surface area (Å²) >= 11 is 0. The van der Waals surface area contributed by atoms with Crippen LogP contribution >= 0.6 is 0 Å². The number of aryl methyl sites for hydroxylation is 1. The standard InChI is InChI=1S/C22H23N3O2/c1-27-16-6-7-17-14(11-16)5-9-21-18(17)3-2-10-25(21)22(26)15-4-8-19-20(12-15)24-13-23-19/h4,6-8,11-13,18,21H,2-3,5,9-10H2,1H3,(H,23,24)/t18-,21+/m1/s1. The summed E-state index contributed by atoms with van der Waals surface area (Å²) in [6.45, 7) is 0.840. The number of piperidine rings is 1. The van der Waals surface area contributed by atoms with E-state index in [1.54, 1.807) is 13.4 Å². The molecule has 0 saturated carbocycles. The van der Waals surface area contributed by atoms with Crippen LogP contribution in [0, 0.1) is 0 Å². The molecule has 27 heavy (non-hydrogen) atoms. The van der Waals surface area contributed by atoms with Gasteiger partial charge >= 0.3 is 0 Å². The molecule has 0 spiro atoms. The minimum Gasteiger partial charge on any atom is -0.497 e. The third-order valence-corrected chi connectivity index (χ3v) is 6.17. The van der Waals surface area contributed by atoms with Crippen LogP contribution in [0.15, 0.2) is 42.7 Å². The second-order valence-corrected chi connectivity index (χ2v) is 7.55. The van der Waals surface area contributed by atoms with Gasteiger partial charge < -0.3 is 14.6 Å². The largest absolute Gasteiger partial charge is 0.497 e. The van der Waals surface area contributed by atoms with Crippen molar-refractivity contribution in [2.45, 2.75) is 37.6 Å². The van der Waals surface area contributed by atoms with Crippen LogP contribution in [0.1, 0.15) is 46.7 Å². The number of methoxy groups -OCH3 is 1. The van der Waals surface area contributed by atoms with Gasteiger partial charge in [0.1, 0.15) is 5.75 Å². The van der Waals surface area contributed by atoms with Gasteiger partial charge in [-0.15, -0.1) is 0 Å². The van der Waals surface area contributed by atoms with E-state index in [0.717, 1.165) is 54.6 Å². The number of nitrogens with one attached hydrogen (secondary N) is 1. The number of carbonyl (C=O) groups excluding carboxylic acids is 1. The summed E-state index contributed by atoms with van der Waals surface area (Å²) in [5, 5.41) is 0. The highest BCUT2D eigenvalue weighted by Gasteiger charge is 2.38. The summed E-state index contributed by atoms with van der Waals surface area (Å²) in [5.74, 6) is 1.48. The van der Waals surface area contributed by atoms with Crippen molar-refractivity contribution in [1.82, 2.24) is 14.9 Å². The highest BCUT2D eigenvalue weighted by molar-refractivity contribution is 5.97. The monoisotopic (exact) mass is 361 g/mol. The quantitative estimate of drug-likeness (QED) is 0.753. The lowest BCUT2D eigenvalue weighted by Crippen LogP contribution is -2.49. The van der Waals surface area contributed by atoms with E-state index in [4.69, 9.17) is 4.74 Å². The van der Waals surface area contributed by atoms with Gasteiger partial charge in [-0.3, -0.25) is 4.79 Å². The van der Waals surface area contributed by atoms with Crippen molar-refractivity contribution in [2.75, 3.05) is 13.7 Å². The van der Waals surface area contributed by atoms with E-state index in [0.29, 0.717) is 5.92 Å². The molecule has 1 saturated heterocycles. The molecule has 2 atom stereocenters. The molecule has 2 aliphatic rings. The minimum absolute atomic E-state index is 0.137. The Kier molecular flexibility index (Phi) is 3.88. The fraction of sp³-hybridized carbons (Fsp3) is 0.364. The van der Waals surface area contributed by atoms with E-state index in [9.17, 15) is 4.79 Å². The zero-order chi connectivity index (χ0) is 18.4. The molecule has 5 heteroatoms. The molecular formula is C22H23N3O2. The summed E-state index contributed by atoms with van der Waals surface area (Å²) in [4.78, 5) is 22.8. The summed E-state index contributed by atoms with van der Waals surface area (Å²) in [5.41, 5.74) is 5.32. The summed E-state index contributed by atoms with van der Waals surface area (Å²) in [6.07, 6.45) is 5.88. The Bertz CT molecular complexity index is 1010. The summed E-state index contributed by atoms with van der Waals surface area (Å²) in [7, 11) is 1.71. The van der Waals surface area contributed by atoms with Gasteiger partial charge in [0, 0.05) is 24.1 Å². The molecule has 138 valence electrons. The maximum Gasteiger partial charge on any atom is 0.254 e. The number of benzene rings is 2. The van der Waals surface area contributed by atoms with Crippen molar-refractivity contribution in [1.29, 1.82) is 0 Å². The molecule has 0 unspecified atom stereocenters. The molecule has 1 aliphatic carbocycles. The zero-order valence-corrected chi connectivity index (χ0v) is 15.4. The van der Waals surface area contributed by atoms with E-state index >= 15 is 0 Å². The first-order valence-electron chi connectivity index (χ1n) is 9.65. The molecule has 0 radical (unpaired) electrons. The van der Waals surface area contributed by atoms with Crippen LogP contribution in [-0.4, -0.2) is 40.5 Å². The van der Waals surface area contributed by atoms with Crippen molar-refractivity contribution in [3.8, 4) is 5.75 Å².